The van der Waals surface area contributed by atoms with Crippen LogP contribution in [0.3, 0.4) is 0 Å². The van der Waals surface area contributed by atoms with Crippen LogP contribution in [0.5, 0.6) is 0 Å². The fraction of sp³-hybridized carbons (Fsp3) is 0.375. The van der Waals surface area contributed by atoms with Gasteiger partial charge in [0.15, 0.2) is 0 Å². The number of nitrogens with zero attached hydrogens (tertiary/aromatic N) is 2. The summed E-state index contributed by atoms with van der Waals surface area (Å²) in [6.45, 7) is 2.47. The topological polar surface area (TPSA) is 190 Å². The molecule has 2 atom stereocenters. The van der Waals surface area contributed by atoms with E-state index in [1.807, 2.05) is 0 Å². The number of hydrogen-bond donors (Lipinski definition) is 6. The van der Waals surface area contributed by atoms with E-state index in [1.54, 1.807) is 0 Å². The minimum atomic E-state index is -1.17. The number of carboxylic acid groups (broad SMARTS) is 2. The van der Waals surface area contributed by atoms with Gasteiger partial charge < -0.3 is 30.8 Å². The SMILES string of the molecule is CC(=O)N[C@@H](Cc1[nH]cnc1SSc1nc[nH]c1C[C@H](NC(C)=O)C(=O)O)C(=O)O.Cl.Cl. The molecule has 0 radical (unpaired) electrons. The number of amides is 2. The molecule has 0 unspecified atom stereocenters. The number of halogens is 2. The average Bonchev–Trinajstić information content (AvgIpc) is 3.27. The van der Waals surface area contributed by atoms with Gasteiger partial charge in [0, 0.05) is 26.7 Å². The summed E-state index contributed by atoms with van der Waals surface area (Å²) in [4.78, 5) is 59.1. The molecule has 32 heavy (non-hydrogen) atoms. The summed E-state index contributed by atoms with van der Waals surface area (Å²) in [6.07, 6.45) is 2.84. The molecule has 0 spiro atoms. The molecule has 2 heterocycles. The molecule has 2 aromatic heterocycles. The highest BCUT2D eigenvalue weighted by Crippen LogP contribution is 2.38. The number of carbonyl (C=O) groups is 4. The lowest BCUT2D eigenvalue weighted by molar-refractivity contribution is -0.141. The van der Waals surface area contributed by atoms with Crippen LogP contribution < -0.4 is 10.6 Å². The first-order valence-corrected chi connectivity index (χ1v) is 10.7. The van der Waals surface area contributed by atoms with E-state index in [2.05, 4.69) is 30.6 Å². The van der Waals surface area contributed by atoms with Gasteiger partial charge >= 0.3 is 11.9 Å². The zero-order chi connectivity index (χ0) is 22.3. The Kier molecular flexibility index (Phi) is 12.8. The van der Waals surface area contributed by atoms with Gasteiger partial charge in [0.2, 0.25) is 11.8 Å². The van der Waals surface area contributed by atoms with Crippen LogP contribution in [-0.4, -0.2) is 66.0 Å². The zero-order valence-corrected chi connectivity index (χ0v) is 20.0. The van der Waals surface area contributed by atoms with E-state index in [9.17, 15) is 29.4 Å². The number of rotatable bonds is 11. The smallest absolute Gasteiger partial charge is 0.326 e. The number of aromatic amines is 2. The van der Waals surface area contributed by atoms with Crippen LogP contribution in [0.1, 0.15) is 25.2 Å². The summed E-state index contributed by atoms with van der Waals surface area (Å²) in [7, 11) is 2.40. The van der Waals surface area contributed by atoms with E-state index < -0.39 is 35.8 Å². The Morgan fingerprint density at radius 1 is 0.844 bits per heavy atom. The predicted octanol–water partition coefficient (Wildman–Crippen LogP) is 1.04. The summed E-state index contributed by atoms with van der Waals surface area (Å²) in [5, 5.41) is 24.3. The van der Waals surface area contributed by atoms with Crippen LogP contribution in [-0.2, 0) is 32.0 Å². The maximum atomic E-state index is 11.3. The molecule has 0 aliphatic rings. The molecule has 0 bridgehead atoms. The van der Waals surface area contributed by atoms with Crippen molar-refractivity contribution in [2.45, 2.75) is 48.8 Å². The first-order valence-electron chi connectivity index (χ1n) is 8.56. The fourth-order valence-electron chi connectivity index (χ4n) is 2.43. The van der Waals surface area contributed by atoms with Gasteiger partial charge in [0.25, 0.3) is 0 Å². The lowest BCUT2D eigenvalue weighted by Crippen LogP contribution is -2.41. The molecule has 2 aromatic rings. The number of aliphatic carboxylic acids is 2. The van der Waals surface area contributed by atoms with Gasteiger partial charge in [-0.3, -0.25) is 9.59 Å². The second-order valence-electron chi connectivity index (χ2n) is 6.13. The molecule has 0 aromatic carbocycles. The van der Waals surface area contributed by atoms with E-state index in [-0.39, 0.29) is 37.7 Å². The molecule has 0 saturated carbocycles. The van der Waals surface area contributed by atoms with Crippen molar-refractivity contribution in [3.8, 4) is 0 Å². The third kappa shape index (κ3) is 8.98. The lowest BCUT2D eigenvalue weighted by atomic mass is 10.1. The third-order valence-electron chi connectivity index (χ3n) is 3.72. The summed E-state index contributed by atoms with van der Waals surface area (Å²) in [5.74, 6) is -3.26. The quantitative estimate of drug-likeness (QED) is 0.229. The molecule has 0 saturated heterocycles. The molecule has 6 N–H and O–H groups in total. The van der Waals surface area contributed by atoms with Crippen LogP contribution in [0.15, 0.2) is 22.7 Å². The summed E-state index contributed by atoms with van der Waals surface area (Å²) in [5.41, 5.74) is 1.04. The lowest BCUT2D eigenvalue weighted by Gasteiger charge is -2.13. The largest absolute Gasteiger partial charge is 0.480 e. The normalized spacial score (nSPS) is 11.9. The van der Waals surface area contributed by atoms with E-state index >= 15 is 0 Å². The van der Waals surface area contributed by atoms with Crippen molar-refractivity contribution in [1.82, 2.24) is 30.6 Å². The van der Waals surface area contributed by atoms with Crippen molar-refractivity contribution in [3.63, 3.8) is 0 Å². The second-order valence-corrected chi connectivity index (χ2v) is 8.24. The van der Waals surface area contributed by atoms with Crippen molar-refractivity contribution < 1.29 is 29.4 Å². The molecular weight excluding hydrogens is 507 g/mol. The number of aromatic nitrogens is 4. The summed E-state index contributed by atoms with van der Waals surface area (Å²) in [6, 6.07) is -2.22. The molecule has 2 rings (SSSR count). The number of hydrogen-bond acceptors (Lipinski definition) is 8. The highest BCUT2D eigenvalue weighted by molar-refractivity contribution is 8.76. The van der Waals surface area contributed by atoms with Gasteiger partial charge in [0.1, 0.15) is 22.1 Å². The Morgan fingerprint density at radius 3 is 1.47 bits per heavy atom. The van der Waals surface area contributed by atoms with Crippen LogP contribution in [0.2, 0.25) is 0 Å². The Labute approximate surface area is 202 Å². The number of H-pyrrole nitrogens is 2. The number of carboxylic acids is 2. The first kappa shape index (κ1) is 29.6. The molecular formula is C16H22Cl2N6O6S2. The minimum absolute atomic E-state index is 0. The van der Waals surface area contributed by atoms with Crippen LogP contribution in [0.25, 0.3) is 0 Å². The highest BCUT2D eigenvalue weighted by Gasteiger charge is 2.24. The summed E-state index contributed by atoms with van der Waals surface area (Å²) < 4.78 is 0. The predicted molar refractivity (Wildman–Crippen MR) is 121 cm³/mol. The van der Waals surface area contributed by atoms with Gasteiger partial charge in [-0.15, -0.1) is 24.8 Å². The van der Waals surface area contributed by atoms with Crippen molar-refractivity contribution in [3.05, 3.63) is 24.0 Å². The Bertz CT molecular complexity index is 866. The van der Waals surface area contributed by atoms with E-state index in [4.69, 9.17) is 0 Å². The fourth-order valence-corrected chi connectivity index (χ4v) is 4.60. The molecule has 16 heteroatoms. The van der Waals surface area contributed by atoms with E-state index in [1.165, 1.54) is 48.1 Å². The minimum Gasteiger partial charge on any atom is -0.480 e. The zero-order valence-electron chi connectivity index (χ0n) is 16.8. The molecule has 0 fully saturated rings. The molecule has 2 amide bonds. The Morgan fingerprint density at radius 2 is 1.19 bits per heavy atom. The molecule has 178 valence electrons. The van der Waals surface area contributed by atoms with Crippen LogP contribution in [0, 0.1) is 0 Å². The molecule has 0 aliphatic heterocycles. The van der Waals surface area contributed by atoms with E-state index in [0.717, 1.165) is 0 Å². The third-order valence-corrected chi connectivity index (χ3v) is 6.02. The summed E-state index contributed by atoms with van der Waals surface area (Å²) >= 11 is 0. The maximum absolute atomic E-state index is 11.3. The highest BCUT2D eigenvalue weighted by atomic mass is 35.5. The molecule has 12 nitrogen and oxygen atoms in total. The monoisotopic (exact) mass is 528 g/mol. The standard InChI is InChI=1S/C16H20N6O6S2.2ClH/c1-7(23)21-11(15(25)26)3-9-13(19-5-17-9)29-30-14-10(18-6-20-14)4-12(16(27)28)22-8(2)24;;/h5-6,11-12H,3-4H2,1-2H3,(H,17,19)(H,18,20)(H,21,23)(H,22,24)(H,25,26)(H,27,28);2*1H/t11-,12-;;/m0../s1. The first-order chi connectivity index (χ1) is 14.2. The Balaban J connectivity index is 0.00000480. The van der Waals surface area contributed by atoms with E-state index in [0.29, 0.717) is 21.4 Å². The van der Waals surface area contributed by atoms with Crippen LogP contribution in [0.4, 0.5) is 0 Å². The maximum Gasteiger partial charge on any atom is 0.326 e. The second kappa shape index (κ2) is 13.9. The van der Waals surface area contributed by atoms with Gasteiger partial charge in [-0.2, -0.15) is 0 Å². The van der Waals surface area contributed by atoms with Gasteiger partial charge in [0.05, 0.1) is 24.0 Å². The van der Waals surface area contributed by atoms with Crippen molar-refractivity contribution >= 4 is 70.2 Å². The van der Waals surface area contributed by atoms with Crippen molar-refractivity contribution in [2.75, 3.05) is 0 Å². The Hall–Kier alpha value is -2.42. The number of carbonyl (C=O) groups excluding carboxylic acids is 2. The van der Waals surface area contributed by atoms with Gasteiger partial charge in [-0.1, -0.05) is 0 Å². The number of imidazole rings is 2. The van der Waals surface area contributed by atoms with Crippen LogP contribution >= 0.6 is 46.4 Å². The van der Waals surface area contributed by atoms with Gasteiger partial charge in [-0.05, 0) is 21.6 Å². The molecule has 0 aliphatic carbocycles. The van der Waals surface area contributed by atoms with Gasteiger partial charge in [-0.25, -0.2) is 19.6 Å². The number of nitrogens with one attached hydrogen (secondary N) is 4. The average molecular weight is 529 g/mol. The van der Waals surface area contributed by atoms with Crippen molar-refractivity contribution in [1.29, 1.82) is 0 Å². The van der Waals surface area contributed by atoms with Crippen molar-refractivity contribution in [2.24, 2.45) is 0 Å².